The first kappa shape index (κ1) is 12.4. The SMILES string of the molecule is CC1(C)CCCC(NC2CCCNCC2)C1. The molecule has 0 aromatic rings. The molecular weight excluding hydrogens is 196 g/mol. The fourth-order valence-corrected chi connectivity index (χ4v) is 3.36. The van der Waals surface area contributed by atoms with Gasteiger partial charge in [0.15, 0.2) is 0 Å². The average molecular weight is 224 g/mol. The summed E-state index contributed by atoms with van der Waals surface area (Å²) in [6.45, 7) is 7.27. The fraction of sp³-hybridized carbons (Fsp3) is 1.00. The second kappa shape index (κ2) is 5.50. The third-order valence-electron chi connectivity index (χ3n) is 4.25. The van der Waals surface area contributed by atoms with Crippen LogP contribution in [-0.2, 0) is 0 Å². The van der Waals surface area contributed by atoms with E-state index in [9.17, 15) is 0 Å². The van der Waals surface area contributed by atoms with Gasteiger partial charge in [0.1, 0.15) is 0 Å². The van der Waals surface area contributed by atoms with E-state index < -0.39 is 0 Å². The van der Waals surface area contributed by atoms with Gasteiger partial charge in [0.25, 0.3) is 0 Å². The van der Waals surface area contributed by atoms with E-state index in [0.29, 0.717) is 5.41 Å². The first-order valence-electron chi connectivity index (χ1n) is 7.12. The van der Waals surface area contributed by atoms with Crippen LogP contribution in [0.1, 0.15) is 58.8 Å². The van der Waals surface area contributed by atoms with Gasteiger partial charge in [-0.1, -0.05) is 20.3 Å². The Morgan fingerprint density at radius 1 is 1.00 bits per heavy atom. The van der Waals surface area contributed by atoms with Crippen LogP contribution in [0, 0.1) is 5.41 Å². The molecule has 0 bridgehead atoms. The van der Waals surface area contributed by atoms with Crippen LogP contribution in [0.3, 0.4) is 0 Å². The molecule has 2 nitrogen and oxygen atoms in total. The van der Waals surface area contributed by atoms with E-state index in [1.165, 1.54) is 58.0 Å². The van der Waals surface area contributed by atoms with E-state index in [0.717, 1.165) is 12.1 Å². The molecule has 94 valence electrons. The molecule has 2 fully saturated rings. The Hall–Kier alpha value is -0.0800. The maximum atomic E-state index is 3.91. The van der Waals surface area contributed by atoms with Crippen LogP contribution in [0.25, 0.3) is 0 Å². The van der Waals surface area contributed by atoms with Gasteiger partial charge in [0.05, 0.1) is 0 Å². The molecule has 2 rings (SSSR count). The number of rotatable bonds is 2. The van der Waals surface area contributed by atoms with Crippen molar-refractivity contribution in [3.8, 4) is 0 Å². The average Bonchev–Trinajstić information content (AvgIpc) is 2.45. The maximum absolute atomic E-state index is 3.91. The molecular formula is C14H28N2. The smallest absolute Gasteiger partial charge is 0.00822 e. The molecule has 2 aliphatic rings. The summed E-state index contributed by atoms with van der Waals surface area (Å²) in [6.07, 6.45) is 9.62. The Labute approximate surface area is 101 Å². The topological polar surface area (TPSA) is 24.1 Å². The molecule has 0 amide bonds. The third-order valence-corrected chi connectivity index (χ3v) is 4.25. The first-order valence-corrected chi connectivity index (χ1v) is 7.12. The van der Waals surface area contributed by atoms with Crippen LogP contribution in [0.15, 0.2) is 0 Å². The lowest BCUT2D eigenvalue weighted by Gasteiger charge is -2.37. The normalized spacial score (nSPS) is 35.6. The summed E-state index contributed by atoms with van der Waals surface area (Å²) in [5.41, 5.74) is 0.568. The summed E-state index contributed by atoms with van der Waals surface area (Å²) >= 11 is 0. The minimum atomic E-state index is 0.568. The van der Waals surface area contributed by atoms with Gasteiger partial charge in [0, 0.05) is 12.1 Å². The van der Waals surface area contributed by atoms with Crippen LogP contribution >= 0.6 is 0 Å². The predicted octanol–water partition coefficient (Wildman–Crippen LogP) is 2.69. The molecule has 16 heavy (non-hydrogen) atoms. The predicted molar refractivity (Wildman–Crippen MR) is 69.7 cm³/mol. The Morgan fingerprint density at radius 2 is 1.81 bits per heavy atom. The summed E-state index contributed by atoms with van der Waals surface area (Å²) in [5.74, 6) is 0. The van der Waals surface area contributed by atoms with Gasteiger partial charge in [0.2, 0.25) is 0 Å². The largest absolute Gasteiger partial charge is 0.317 e. The summed E-state index contributed by atoms with van der Waals surface area (Å²) in [6, 6.07) is 1.56. The minimum Gasteiger partial charge on any atom is -0.317 e. The third kappa shape index (κ3) is 3.74. The zero-order valence-electron chi connectivity index (χ0n) is 11.0. The molecule has 2 atom stereocenters. The van der Waals surface area contributed by atoms with Crippen LogP contribution in [0.2, 0.25) is 0 Å². The van der Waals surface area contributed by atoms with Gasteiger partial charge < -0.3 is 10.6 Å². The van der Waals surface area contributed by atoms with Crippen molar-refractivity contribution in [3.63, 3.8) is 0 Å². The van der Waals surface area contributed by atoms with E-state index in [4.69, 9.17) is 0 Å². The van der Waals surface area contributed by atoms with Gasteiger partial charge in [-0.2, -0.15) is 0 Å². The van der Waals surface area contributed by atoms with Crippen LogP contribution in [0.5, 0.6) is 0 Å². The molecule has 2 unspecified atom stereocenters. The second-order valence-electron chi connectivity index (χ2n) is 6.50. The van der Waals surface area contributed by atoms with Crippen molar-refractivity contribution < 1.29 is 0 Å². The van der Waals surface area contributed by atoms with E-state index in [2.05, 4.69) is 24.5 Å². The molecule has 1 saturated heterocycles. The quantitative estimate of drug-likeness (QED) is 0.753. The molecule has 0 aromatic carbocycles. The highest BCUT2D eigenvalue weighted by Gasteiger charge is 2.29. The highest BCUT2D eigenvalue weighted by Crippen LogP contribution is 2.35. The molecule has 1 aliphatic heterocycles. The van der Waals surface area contributed by atoms with Crippen molar-refractivity contribution >= 4 is 0 Å². The van der Waals surface area contributed by atoms with E-state index in [1.54, 1.807) is 0 Å². The second-order valence-corrected chi connectivity index (χ2v) is 6.50. The maximum Gasteiger partial charge on any atom is 0.00822 e. The Morgan fingerprint density at radius 3 is 2.62 bits per heavy atom. The van der Waals surface area contributed by atoms with E-state index >= 15 is 0 Å². The molecule has 2 N–H and O–H groups in total. The van der Waals surface area contributed by atoms with E-state index in [-0.39, 0.29) is 0 Å². The molecule has 1 heterocycles. The summed E-state index contributed by atoms with van der Waals surface area (Å²) < 4.78 is 0. The number of hydrogen-bond donors (Lipinski definition) is 2. The lowest BCUT2D eigenvalue weighted by Crippen LogP contribution is -2.43. The van der Waals surface area contributed by atoms with Crippen LogP contribution in [-0.4, -0.2) is 25.2 Å². The summed E-state index contributed by atoms with van der Waals surface area (Å²) in [7, 11) is 0. The standard InChI is InChI=1S/C14H28N2/c1-14(2)8-3-5-13(11-14)16-12-6-4-9-15-10-7-12/h12-13,15-16H,3-11H2,1-2H3. The Bertz CT molecular complexity index is 205. The molecule has 1 saturated carbocycles. The van der Waals surface area contributed by atoms with Crippen molar-refractivity contribution in [1.82, 2.24) is 10.6 Å². The zero-order valence-corrected chi connectivity index (χ0v) is 11.0. The monoisotopic (exact) mass is 224 g/mol. The zero-order chi connectivity index (χ0) is 11.4. The van der Waals surface area contributed by atoms with Gasteiger partial charge in [-0.25, -0.2) is 0 Å². The van der Waals surface area contributed by atoms with Gasteiger partial charge in [-0.05, 0) is 57.0 Å². The minimum absolute atomic E-state index is 0.568. The van der Waals surface area contributed by atoms with Gasteiger partial charge in [-0.15, -0.1) is 0 Å². The fourth-order valence-electron chi connectivity index (χ4n) is 3.36. The Kier molecular flexibility index (Phi) is 4.26. The van der Waals surface area contributed by atoms with Gasteiger partial charge >= 0.3 is 0 Å². The highest BCUT2D eigenvalue weighted by molar-refractivity contribution is 4.86. The van der Waals surface area contributed by atoms with Crippen molar-refractivity contribution in [2.45, 2.75) is 70.9 Å². The molecule has 0 aromatic heterocycles. The van der Waals surface area contributed by atoms with Gasteiger partial charge in [-0.3, -0.25) is 0 Å². The molecule has 0 spiro atoms. The van der Waals surface area contributed by atoms with Crippen LogP contribution < -0.4 is 10.6 Å². The van der Waals surface area contributed by atoms with Crippen molar-refractivity contribution in [2.24, 2.45) is 5.41 Å². The van der Waals surface area contributed by atoms with Crippen LogP contribution in [0.4, 0.5) is 0 Å². The Balaban J connectivity index is 1.79. The van der Waals surface area contributed by atoms with Crippen molar-refractivity contribution in [3.05, 3.63) is 0 Å². The van der Waals surface area contributed by atoms with Crippen molar-refractivity contribution in [1.29, 1.82) is 0 Å². The summed E-state index contributed by atoms with van der Waals surface area (Å²) in [4.78, 5) is 0. The lowest BCUT2D eigenvalue weighted by atomic mass is 9.75. The van der Waals surface area contributed by atoms with Crippen molar-refractivity contribution in [2.75, 3.05) is 13.1 Å². The number of hydrogen-bond acceptors (Lipinski definition) is 2. The first-order chi connectivity index (χ1) is 7.66. The lowest BCUT2D eigenvalue weighted by molar-refractivity contribution is 0.186. The molecule has 0 radical (unpaired) electrons. The highest BCUT2D eigenvalue weighted by atomic mass is 15.0. The molecule has 2 heteroatoms. The molecule has 1 aliphatic carbocycles. The summed E-state index contributed by atoms with van der Waals surface area (Å²) in [5, 5.41) is 7.40. The number of nitrogens with one attached hydrogen (secondary N) is 2. The van der Waals surface area contributed by atoms with E-state index in [1.807, 2.05) is 0 Å².